The van der Waals surface area contributed by atoms with E-state index in [0.717, 1.165) is 24.6 Å². The maximum atomic E-state index is 11.9. The molecular formula is C23H34F2N2. The molecule has 1 aromatic carbocycles. The third-order valence-corrected chi connectivity index (χ3v) is 3.68. The van der Waals surface area contributed by atoms with Gasteiger partial charge in [-0.25, -0.2) is 8.78 Å². The summed E-state index contributed by atoms with van der Waals surface area (Å²) < 4.78 is 23.8. The highest BCUT2D eigenvalue weighted by Gasteiger charge is 2.18. The molecule has 0 atom stereocenters. The van der Waals surface area contributed by atoms with E-state index in [-0.39, 0.29) is 6.42 Å². The van der Waals surface area contributed by atoms with Crippen LogP contribution in [0.2, 0.25) is 0 Å². The van der Waals surface area contributed by atoms with Crippen LogP contribution in [0.3, 0.4) is 0 Å². The summed E-state index contributed by atoms with van der Waals surface area (Å²) in [7, 11) is 1.84. The number of nitriles is 1. The Labute approximate surface area is 164 Å². The minimum atomic E-state index is -2.45. The van der Waals surface area contributed by atoms with Crippen molar-refractivity contribution in [2.45, 2.75) is 59.8 Å². The molecular weight excluding hydrogens is 342 g/mol. The Bertz CT molecular complexity index is 647. The highest BCUT2D eigenvalue weighted by atomic mass is 19.3. The molecule has 0 aliphatic rings. The van der Waals surface area contributed by atoms with E-state index in [2.05, 4.69) is 49.7 Å². The van der Waals surface area contributed by atoms with Crippen molar-refractivity contribution < 1.29 is 8.78 Å². The molecule has 0 aliphatic carbocycles. The largest absolute Gasteiger partial charge is 0.387 e. The standard InChI is InChI=1S/C15H18N2.C6H12F2.C2H4/c1-5-6-13-9-14(8-7-11(13)2)15(17-4)12(3)10-16;1-3-4-5-6(2,7)8;1-2/h5-9,17H,1-4H3;3-5H2,1-2H3;1-2H2/b6-5-,15-12+;;. The topological polar surface area (TPSA) is 35.8 Å². The molecule has 4 heteroatoms. The van der Waals surface area contributed by atoms with E-state index >= 15 is 0 Å². The van der Waals surface area contributed by atoms with Gasteiger partial charge >= 0.3 is 0 Å². The van der Waals surface area contributed by atoms with Gasteiger partial charge in [0.05, 0.1) is 17.3 Å². The Morgan fingerprint density at radius 2 is 1.93 bits per heavy atom. The Hall–Kier alpha value is -2.41. The Morgan fingerprint density at radius 1 is 1.33 bits per heavy atom. The molecule has 1 rings (SSSR count). The number of hydrogen-bond acceptors (Lipinski definition) is 2. The van der Waals surface area contributed by atoms with Crippen LogP contribution < -0.4 is 5.32 Å². The molecule has 0 aliphatic heterocycles. The summed E-state index contributed by atoms with van der Waals surface area (Å²) in [6.07, 6.45) is 5.61. The van der Waals surface area contributed by atoms with Crippen LogP contribution in [-0.4, -0.2) is 13.0 Å². The second-order valence-electron chi connectivity index (χ2n) is 6.11. The summed E-state index contributed by atoms with van der Waals surface area (Å²) in [5, 5.41) is 12.1. The monoisotopic (exact) mass is 376 g/mol. The molecule has 0 unspecified atom stereocenters. The van der Waals surface area contributed by atoms with Gasteiger partial charge in [0.2, 0.25) is 5.92 Å². The molecule has 0 fully saturated rings. The smallest absolute Gasteiger partial charge is 0.245 e. The minimum absolute atomic E-state index is 0.0312. The number of hydrogen-bond donors (Lipinski definition) is 1. The van der Waals surface area contributed by atoms with Crippen LogP contribution in [0, 0.1) is 18.3 Å². The molecule has 0 amide bonds. The number of allylic oxidation sites excluding steroid dienone is 2. The summed E-state index contributed by atoms with van der Waals surface area (Å²) in [6.45, 7) is 14.8. The van der Waals surface area contributed by atoms with Gasteiger partial charge in [0.15, 0.2) is 0 Å². The molecule has 150 valence electrons. The van der Waals surface area contributed by atoms with Crippen LogP contribution in [0.25, 0.3) is 11.8 Å². The van der Waals surface area contributed by atoms with Gasteiger partial charge in [-0.1, -0.05) is 37.6 Å². The summed E-state index contributed by atoms with van der Waals surface area (Å²) in [5.41, 5.74) is 5.05. The van der Waals surface area contributed by atoms with Gasteiger partial charge < -0.3 is 5.32 Å². The predicted octanol–water partition coefficient (Wildman–Crippen LogP) is 7.14. The van der Waals surface area contributed by atoms with Gasteiger partial charge in [-0.2, -0.15) is 5.26 Å². The van der Waals surface area contributed by atoms with Crippen molar-refractivity contribution in [3.8, 4) is 6.07 Å². The van der Waals surface area contributed by atoms with E-state index in [9.17, 15) is 8.78 Å². The van der Waals surface area contributed by atoms with E-state index in [4.69, 9.17) is 5.26 Å². The number of nitrogens with one attached hydrogen (secondary N) is 1. The molecule has 0 saturated heterocycles. The third-order valence-electron chi connectivity index (χ3n) is 3.68. The lowest BCUT2D eigenvalue weighted by Crippen LogP contribution is -2.07. The fraction of sp³-hybridized carbons (Fsp3) is 0.435. The number of unbranched alkanes of at least 4 members (excludes halogenated alkanes) is 1. The zero-order valence-electron chi connectivity index (χ0n) is 17.6. The zero-order chi connectivity index (χ0) is 21.5. The van der Waals surface area contributed by atoms with E-state index in [0.29, 0.717) is 12.0 Å². The van der Waals surface area contributed by atoms with Gasteiger partial charge in [-0.3, -0.25) is 0 Å². The van der Waals surface area contributed by atoms with Crippen molar-refractivity contribution in [1.82, 2.24) is 5.32 Å². The first kappa shape index (κ1) is 26.8. The van der Waals surface area contributed by atoms with Crippen molar-refractivity contribution >= 4 is 11.8 Å². The van der Waals surface area contributed by atoms with E-state index in [1.165, 1.54) is 11.1 Å². The number of nitrogens with zero attached hydrogens (tertiary/aromatic N) is 1. The fourth-order valence-electron chi connectivity index (χ4n) is 2.25. The molecule has 1 N–H and O–H groups in total. The molecule has 1 aromatic rings. The summed E-state index contributed by atoms with van der Waals surface area (Å²) >= 11 is 0. The predicted molar refractivity (Wildman–Crippen MR) is 115 cm³/mol. The number of aryl methyl sites for hydroxylation is 1. The lowest BCUT2D eigenvalue weighted by molar-refractivity contribution is 0.0108. The SMILES string of the molecule is C/C=C\c1cc(/C(NC)=C(/C)C#N)ccc1C.C=C.CCCCC(C)(F)F. The summed E-state index contributed by atoms with van der Waals surface area (Å²) in [5.74, 6) is -2.45. The first-order valence-corrected chi connectivity index (χ1v) is 9.10. The highest BCUT2D eigenvalue weighted by Crippen LogP contribution is 2.20. The Kier molecular flexibility index (Phi) is 14.6. The molecule has 0 bridgehead atoms. The maximum absolute atomic E-state index is 11.9. The van der Waals surface area contributed by atoms with Crippen LogP contribution in [0.5, 0.6) is 0 Å². The summed E-state index contributed by atoms with van der Waals surface area (Å²) in [6, 6.07) is 8.39. The highest BCUT2D eigenvalue weighted by molar-refractivity contribution is 5.72. The van der Waals surface area contributed by atoms with E-state index in [1.54, 1.807) is 0 Å². The van der Waals surface area contributed by atoms with Crippen molar-refractivity contribution in [2.75, 3.05) is 7.05 Å². The second kappa shape index (κ2) is 14.7. The number of benzene rings is 1. The van der Waals surface area contributed by atoms with Crippen molar-refractivity contribution in [3.63, 3.8) is 0 Å². The van der Waals surface area contributed by atoms with Crippen LogP contribution in [0.1, 0.15) is 63.6 Å². The molecule has 0 spiro atoms. The quantitative estimate of drug-likeness (QED) is 0.423. The van der Waals surface area contributed by atoms with Gasteiger partial charge in [0, 0.05) is 13.5 Å². The van der Waals surface area contributed by atoms with Gasteiger partial charge in [-0.15, -0.1) is 13.2 Å². The lowest BCUT2D eigenvalue weighted by Gasteiger charge is -2.10. The number of alkyl halides is 2. The van der Waals surface area contributed by atoms with E-state index < -0.39 is 5.92 Å². The molecule has 2 nitrogen and oxygen atoms in total. The third kappa shape index (κ3) is 11.8. The van der Waals surface area contributed by atoms with Crippen LogP contribution in [0.4, 0.5) is 8.78 Å². The van der Waals surface area contributed by atoms with Crippen molar-refractivity contribution in [3.05, 3.63) is 59.7 Å². The lowest BCUT2D eigenvalue weighted by atomic mass is 10.0. The second-order valence-corrected chi connectivity index (χ2v) is 6.11. The first-order chi connectivity index (χ1) is 12.7. The number of halogens is 2. The average molecular weight is 377 g/mol. The van der Waals surface area contributed by atoms with Gasteiger partial charge in [0.25, 0.3) is 0 Å². The van der Waals surface area contributed by atoms with Crippen LogP contribution in [0.15, 0.2) is 43.0 Å². The normalized spacial score (nSPS) is 11.4. The first-order valence-electron chi connectivity index (χ1n) is 9.10. The molecule has 27 heavy (non-hydrogen) atoms. The maximum Gasteiger partial charge on any atom is 0.245 e. The zero-order valence-corrected chi connectivity index (χ0v) is 17.6. The molecule has 0 radical (unpaired) electrons. The van der Waals surface area contributed by atoms with Gasteiger partial charge in [-0.05, 0) is 56.9 Å². The van der Waals surface area contributed by atoms with Crippen LogP contribution >= 0.6 is 0 Å². The number of rotatable bonds is 6. The fourth-order valence-corrected chi connectivity index (χ4v) is 2.25. The van der Waals surface area contributed by atoms with Crippen molar-refractivity contribution in [1.29, 1.82) is 5.26 Å². The minimum Gasteiger partial charge on any atom is -0.387 e. The molecule has 0 aromatic heterocycles. The summed E-state index contributed by atoms with van der Waals surface area (Å²) in [4.78, 5) is 0. The molecule has 0 heterocycles. The van der Waals surface area contributed by atoms with Crippen molar-refractivity contribution in [2.24, 2.45) is 0 Å². The van der Waals surface area contributed by atoms with Crippen LogP contribution in [-0.2, 0) is 0 Å². The molecule has 0 saturated carbocycles. The average Bonchev–Trinajstić information content (AvgIpc) is 2.64. The van der Waals surface area contributed by atoms with Gasteiger partial charge in [0.1, 0.15) is 0 Å². The Morgan fingerprint density at radius 3 is 2.30 bits per heavy atom. The van der Waals surface area contributed by atoms with E-state index in [1.807, 2.05) is 40.0 Å². The Balaban J connectivity index is 0.